The fourth-order valence-electron chi connectivity index (χ4n) is 3.94. The number of benzene rings is 3. The predicted octanol–water partition coefficient (Wildman–Crippen LogP) is 7.47. The standard InChI is InChI=1S/C27H16ClN3O2S/c28-18-10-11-22-19(13-18)21(25(30-22)16-6-2-1-3-7-16)14-29-24-15-34-26(31-24)20-12-17-8-4-5-9-23(17)33-27(20)32/h1-15,30H/b29-14+. The lowest BCUT2D eigenvalue weighted by Crippen LogP contribution is -2.02. The molecule has 3 heterocycles. The molecule has 0 fully saturated rings. The van der Waals surface area contributed by atoms with Gasteiger partial charge in [-0.05, 0) is 35.9 Å². The van der Waals surface area contributed by atoms with Crippen molar-refractivity contribution in [1.82, 2.24) is 9.97 Å². The van der Waals surface area contributed by atoms with Crippen molar-refractivity contribution in [3.8, 4) is 21.8 Å². The number of aromatic amines is 1. The smallest absolute Gasteiger partial charge is 0.346 e. The van der Waals surface area contributed by atoms with Crippen molar-refractivity contribution < 1.29 is 4.42 Å². The highest BCUT2D eigenvalue weighted by molar-refractivity contribution is 7.13. The Morgan fingerprint density at radius 1 is 1.00 bits per heavy atom. The molecule has 0 spiro atoms. The molecule has 0 saturated carbocycles. The van der Waals surface area contributed by atoms with Crippen LogP contribution in [0.15, 0.2) is 98.4 Å². The number of thiazole rings is 1. The van der Waals surface area contributed by atoms with E-state index < -0.39 is 5.63 Å². The number of aliphatic imine (C=N–C) groups is 1. The molecule has 0 bridgehead atoms. The second kappa shape index (κ2) is 8.41. The molecule has 0 unspecified atom stereocenters. The van der Waals surface area contributed by atoms with Gasteiger partial charge in [-0.25, -0.2) is 14.8 Å². The second-order valence-corrected chi connectivity index (χ2v) is 9.02. The molecule has 6 aromatic rings. The quantitative estimate of drug-likeness (QED) is 0.210. The third-order valence-corrected chi connectivity index (χ3v) is 6.65. The van der Waals surface area contributed by atoms with Gasteiger partial charge in [0.05, 0.1) is 11.3 Å². The van der Waals surface area contributed by atoms with E-state index in [2.05, 4.69) is 15.0 Å². The highest BCUT2D eigenvalue weighted by Gasteiger charge is 2.14. The highest BCUT2D eigenvalue weighted by Crippen LogP contribution is 2.32. The summed E-state index contributed by atoms with van der Waals surface area (Å²) in [5, 5.41) is 4.86. The van der Waals surface area contributed by atoms with E-state index >= 15 is 0 Å². The van der Waals surface area contributed by atoms with Crippen molar-refractivity contribution in [2.45, 2.75) is 0 Å². The van der Waals surface area contributed by atoms with Gasteiger partial charge in [0.2, 0.25) is 0 Å². The molecule has 3 aromatic carbocycles. The maximum atomic E-state index is 12.5. The van der Waals surface area contributed by atoms with Crippen LogP contribution in [0.25, 0.3) is 43.7 Å². The van der Waals surface area contributed by atoms with E-state index in [1.54, 1.807) is 12.3 Å². The maximum absolute atomic E-state index is 12.5. The van der Waals surface area contributed by atoms with Crippen LogP contribution in [0.1, 0.15) is 5.56 Å². The Morgan fingerprint density at radius 3 is 2.71 bits per heavy atom. The second-order valence-electron chi connectivity index (χ2n) is 7.72. The molecule has 0 aliphatic carbocycles. The molecule has 6 rings (SSSR count). The van der Waals surface area contributed by atoms with Gasteiger partial charge in [0, 0.05) is 38.5 Å². The van der Waals surface area contributed by atoms with Gasteiger partial charge in [-0.15, -0.1) is 11.3 Å². The van der Waals surface area contributed by atoms with E-state index in [0.29, 0.717) is 27.0 Å². The van der Waals surface area contributed by atoms with Crippen molar-refractivity contribution in [2.24, 2.45) is 4.99 Å². The molecule has 3 aromatic heterocycles. The van der Waals surface area contributed by atoms with Gasteiger partial charge in [0.15, 0.2) is 5.82 Å². The van der Waals surface area contributed by atoms with Crippen LogP contribution in [0.4, 0.5) is 5.82 Å². The Bertz CT molecular complexity index is 1750. The van der Waals surface area contributed by atoms with E-state index in [1.165, 1.54) is 11.3 Å². The van der Waals surface area contributed by atoms with Crippen molar-refractivity contribution >= 4 is 56.8 Å². The molecule has 0 atom stereocenters. The highest BCUT2D eigenvalue weighted by atomic mass is 35.5. The average molecular weight is 482 g/mol. The van der Waals surface area contributed by atoms with Crippen LogP contribution in [0, 0.1) is 0 Å². The van der Waals surface area contributed by atoms with Crippen molar-refractivity contribution in [3.63, 3.8) is 0 Å². The third-order valence-electron chi connectivity index (χ3n) is 5.55. The Balaban J connectivity index is 1.41. The lowest BCUT2D eigenvalue weighted by Gasteiger charge is -2.00. The Hall–Kier alpha value is -4.00. The van der Waals surface area contributed by atoms with Crippen LogP contribution < -0.4 is 5.63 Å². The number of nitrogens with one attached hydrogen (secondary N) is 1. The maximum Gasteiger partial charge on any atom is 0.346 e. The molecule has 0 aliphatic heterocycles. The number of para-hydroxylation sites is 1. The third kappa shape index (κ3) is 3.73. The molecular formula is C27H16ClN3O2S. The molecule has 34 heavy (non-hydrogen) atoms. The summed E-state index contributed by atoms with van der Waals surface area (Å²) in [5.74, 6) is 0.517. The first-order valence-electron chi connectivity index (χ1n) is 10.6. The molecule has 1 N–H and O–H groups in total. The van der Waals surface area contributed by atoms with Crippen molar-refractivity contribution in [2.75, 3.05) is 0 Å². The minimum atomic E-state index is -0.416. The zero-order valence-corrected chi connectivity index (χ0v) is 19.2. The zero-order chi connectivity index (χ0) is 23.1. The van der Waals surface area contributed by atoms with Crippen LogP contribution in [0.3, 0.4) is 0 Å². The first kappa shape index (κ1) is 20.6. The number of halogens is 1. The average Bonchev–Trinajstić information content (AvgIpc) is 3.47. The molecule has 7 heteroatoms. The molecule has 0 amide bonds. The number of H-pyrrole nitrogens is 1. The van der Waals surface area contributed by atoms with Crippen LogP contribution >= 0.6 is 22.9 Å². The van der Waals surface area contributed by atoms with Gasteiger partial charge >= 0.3 is 5.63 Å². The lowest BCUT2D eigenvalue weighted by atomic mass is 10.1. The fourth-order valence-corrected chi connectivity index (χ4v) is 4.86. The normalized spacial score (nSPS) is 11.7. The van der Waals surface area contributed by atoms with Gasteiger partial charge < -0.3 is 9.40 Å². The minimum absolute atomic E-state index is 0.416. The van der Waals surface area contributed by atoms with Crippen molar-refractivity contribution in [3.05, 3.63) is 105 Å². The first-order chi connectivity index (χ1) is 16.7. The van der Waals surface area contributed by atoms with Crippen LogP contribution in [-0.4, -0.2) is 16.2 Å². The molecule has 0 aliphatic rings. The van der Waals surface area contributed by atoms with Crippen LogP contribution in [-0.2, 0) is 0 Å². The van der Waals surface area contributed by atoms with Crippen LogP contribution in [0.5, 0.6) is 0 Å². The zero-order valence-electron chi connectivity index (χ0n) is 17.7. The summed E-state index contributed by atoms with van der Waals surface area (Å²) in [7, 11) is 0. The van der Waals surface area contributed by atoms with E-state index in [-0.39, 0.29) is 0 Å². The largest absolute Gasteiger partial charge is 0.422 e. The summed E-state index contributed by atoms with van der Waals surface area (Å²) in [6, 6.07) is 25.0. The summed E-state index contributed by atoms with van der Waals surface area (Å²) < 4.78 is 5.46. The summed E-state index contributed by atoms with van der Waals surface area (Å²) in [4.78, 5) is 25.2. The monoisotopic (exact) mass is 481 g/mol. The predicted molar refractivity (Wildman–Crippen MR) is 140 cm³/mol. The van der Waals surface area contributed by atoms with Gasteiger partial charge in [0.25, 0.3) is 0 Å². The Kier molecular flexibility index (Phi) is 5.09. The molecule has 0 radical (unpaired) electrons. The fraction of sp³-hybridized carbons (Fsp3) is 0. The summed E-state index contributed by atoms with van der Waals surface area (Å²) >= 11 is 7.64. The summed E-state index contributed by atoms with van der Waals surface area (Å²) in [6.07, 6.45) is 1.79. The van der Waals surface area contributed by atoms with Gasteiger partial charge in [-0.1, -0.05) is 60.1 Å². The summed E-state index contributed by atoms with van der Waals surface area (Å²) in [5.41, 5.74) is 4.45. The van der Waals surface area contributed by atoms with Gasteiger partial charge in [-0.3, -0.25) is 0 Å². The van der Waals surface area contributed by atoms with Crippen LogP contribution in [0.2, 0.25) is 5.02 Å². The van der Waals surface area contributed by atoms with Gasteiger partial charge in [-0.2, -0.15) is 0 Å². The Labute approximate surface area is 203 Å². The number of aromatic nitrogens is 2. The number of fused-ring (bicyclic) bond motifs is 2. The van der Waals surface area contributed by atoms with E-state index in [1.807, 2.05) is 78.2 Å². The molecule has 5 nitrogen and oxygen atoms in total. The Morgan fingerprint density at radius 2 is 1.82 bits per heavy atom. The first-order valence-corrected chi connectivity index (χ1v) is 11.8. The summed E-state index contributed by atoms with van der Waals surface area (Å²) in [6.45, 7) is 0. The number of nitrogens with zero attached hydrogens (tertiary/aromatic N) is 2. The molecule has 0 saturated heterocycles. The number of hydrogen-bond donors (Lipinski definition) is 1. The molecular weight excluding hydrogens is 466 g/mol. The van der Waals surface area contributed by atoms with E-state index in [4.69, 9.17) is 16.0 Å². The van der Waals surface area contributed by atoms with E-state index in [9.17, 15) is 4.79 Å². The SMILES string of the molecule is O=c1oc2ccccc2cc1-c1nc(/N=C/c2c(-c3ccccc3)[nH]c3ccc(Cl)cc23)cs1. The van der Waals surface area contributed by atoms with Crippen molar-refractivity contribution in [1.29, 1.82) is 0 Å². The number of hydrogen-bond acceptors (Lipinski definition) is 5. The molecule has 164 valence electrons. The topological polar surface area (TPSA) is 71.2 Å². The van der Waals surface area contributed by atoms with E-state index in [0.717, 1.165) is 33.1 Å². The number of rotatable bonds is 4. The minimum Gasteiger partial charge on any atom is -0.422 e. The lowest BCUT2D eigenvalue weighted by molar-refractivity contribution is 0.563. The van der Waals surface area contributed by atoms with Gasteiger partial charge in [0.1, 0.15) is 10.6 Å².